The van der Waals surface area contributed by atoms with E-state index in [-0.39, 0.29) is 5.75 Å². The van der Waals surface area contributed by atoms with Crippen molar-refractivity contribution in [3.05, 3.63) is 103 Å². The van der Waals surface area contributed by atoms with E-state index in [0.29, 0.717) is 11.4 Å². The smallest absolute Gasteiger partial charge is 0.150 e. The number of phenols is 1. The highest BCUT2D eigenvalue weighted by Gasteiger charge is 2.08. The summed E-state index contributed by atoms with van der Waals surface area (Å²) in [5.41, 5.74) is 3.86. The van der Waals surface area contributed by atoms with Gasteiger partial charge in [0.25, 0.3) is 0 Å². The molecule has 0 aliphatic heterocycles. The summed E-state index contributed by atoms with van der Waals surface area (Å²) in [5, 5.41) is 31.7. The third kappa shape index (κ3) is 3.84. The van der Waals surface area contributed by atoms with E-state index in [2.05, 4.69) is 20.5 Å². The fraction of sp³-hybridized carbons (Fsp3) is 0.0370. The van der Waals surface area contributed by atoms with Gasteiger partial charge in [-0.05, 0) is 42.6 Å². The van der Waals surface area contributed by atoms with Crippen molar-refractivity contribution in [2.45, 2.75) is 6.92 Å². The van der Waals surface area contributed by atoms with Crippen LogP contribution >= 0.6 is 0 Å². The maximum absolute atomic E-state index is 10.6. The first-order chi connectivity index (χ1) is 15.7. The molecule has 5 aromatic rings. The van der Waals surface area contributed by atoms with Crippen molar-refractivity contribution >= 4 is 44.3 Å². The predicted molar refractivity (Wildman–Crippen MR) is 129 cm³/mol. The number of nitrogens with zero attached hydrogens (tertiary/aromatic N) is 4. The lowest BCUT2D eigenvalue weighted by molar-refractivity contribution is 0.482. The zero-order valence-electron chi connectivity index (χ0n) is 17.5. The van der Waals surface area contributed by atoms with Crippen molar-refractivity contribution in [2.75, 3.05) is 0 Å². The van der Waals surface area contributed by atoms with Gasteiger partial charge < -0.3 is 5.11 Å². The number of hydrogen-bond acceptors (Lipinski definition) is 5. The molecule has 0 bridgehead atoms. The highest BCUT2D eigenvalue weighted by Crippen LogP contribution is 2.38. The van der Waals surface area contributed by atoms with Crippen LogP contribution in [0.5, 0.6) is 5.75 Å². The van der Waals surface area contributed by atoms with Gasteiger partial charge in [-0.2, -0.15) is 5.11 Å². The number of hydrogen-bond donors (Lipinski definition) is 1. The Labute approximate surface area is 185 Å². The van der Waals surface area contributed by atoms with E-state index in [1.54, 1.807) is 6.07 Å². The Bertz CT molecular complexity index is 1490. The van der Waals surface area contributed by atoms with E-state index in [1.165, 1.54) is 5.56 Å². The normalized spacial score (nSPS) is 11.8. The fourth-order valence-corrected chi connectivity index (χ4v) is 3.60. The Morgan fingerprint density at radius 3 is 1.72 bits per heavy atom. The number of phenolic OH excluding ortho intramolecular Hbond substituents is 1. The largest absolute Gasteiger partial charge is 0.505 e. The number of azo groups is 2. The van der Waals surface area contributed by atoms with E-state index in [4.69, 9.17) is 0 Å². The van der Waals surface area contributed by atoms with Crippen LogP contribution in [-0.2, 0) is 0 Å². The average molecular weight is 416 g/mol. The van der Waals surface area contributed by atoms with Crippen LogP contribution in [0.4, 0.5) is 22.7 Å². The maximum atomic E-state index is 10.6. The second kappa shape index (κ2) is 8.40. The Morgan fingerprint density at radius 2 is 1.03 bits per heavy atom. The number of rotatable bonds is 4. The maximum Gasteiger partial charge on any atom is 0.150 e. The van der Waals surface area contributed by atoms with Crippen molar-refractivity contribution in [3.63, 3.8) is 0 Å². The molecule has 1 N–H and O–H groups in total. The summed E-state index contributed by atoms with van der Waals surface area (Å²) in [6, 6.07) is 30.9. The number of aromatic hydroxyl groups is 1. The Hall–Kier alpha value is -4.38. The van der Waals surface area contributed by atoms with Crippen LogP contribution in [-0.4, -0.2) is 5.11 Å². The molecule has 0 aliphatic rings. The molecule has 0 heterocycles. The van der Waals surface area contributed by atoms with Gasteiger partial charge in [-0.15, -0.1) is 15.3 Å². The summed E-state index contributed by atoms with van der Waals surface area (Å²) in [6.07, 6.45) is 0. The second-order valence-corrected chi connectivity index (χ2v) is 7.54. The van der Waals surface area contributed by atoms with Gasteiger partial charge in [0.1, 0.15) is 5.69 Å². The summed E-state index contributed by atoms with van der Waals surface area (Å²) in [5.74, 6) is 0.125. The monoisotopic (exact) mass is 416 g/mol. The van der Waals surface area contributed by atoms with Gasteiger partial charge in [-0.25, -0.2) is 0 Å². The standard InChI is InChI=1S/C27H20N4O/c1-18-10-13-20(14-11-18)28-29-24-16-17-25(23-9-5-4-8-22(23)24)30-31-26-15-12-19-6-2-3-7-21(19)27(26)32/h2-17,32H,1H3. The molecule has 0 aromatic heterocycles. The highest BCUT2D eigenvalue weighted by atomic mass is 16.3. The van der Waals surface area contributed by atoms with Crippen molar-refractivity contribution in [2.24, 2.45) is 20.5 Å². The van der Waals surface area contributed by atoms with Gasteiger partial charge in [-0.1, -0.05) is 72.3 Å². The van der Waals surface area contributed by atoms with E-state index in [9.17, 15) is 5.11 Å². The van der Waals surface area contributed by atoms with E-state index < -0.39 is 0 Å². The number of aryl methyl sites for hydroxylation is 1. The lowest BCUT2D eigenvalue weighted by Crippen LogP contribution is -1.76. The summed E-state index contributed by atoms with van der Waals surface area (Å²) in [6.45, 7) is 2.04. The summed E-state index contributed by atoms with van der Waals surface area (Å²) in [7, 11) is 0. The first-order valence-electron chi connectivity index (χ1n) is 10.3. The molecule has 154 valence electrons. The Morgan fingerprint density at radius 1 is 0.500 bits per heavy atom. The number of benzene rings is 5. The van der Waals surface area contributed by atoms with Gasteiger partial charge >= 0.3 is 0 Å². The van der Waals surface area contributed by atoms with Gasteiger partial charge in [0.05, 0.1) is 17.1 Å². The first kappa shape index (κ1) is 19.6. The second-order valence-electron chi connectivity index (χ2n) is 7.54. The van der Waals surface area contributed by atoms with Crippen LogP contribution in [0, 0.1) is 6.92 Å². The predicted octanol–water partition coefficient (Wildman–Crippen LogP) is 8.84. The minimum absolute atomic E-state index is 0.125. The number of fused-ring (bicyclic) bond motifs is 2. The zero-order chi connectivity index (χ0) is 21.9. The van der Waals surface area contributed by atoms with Crippen molar-refractivity contribution < 1.29 is 5.11 Å². The van der Waals surface area contributed by atoms with E-state index in [0.717, 1.165) is 32.9 Å². The van der Waals surface area contributed by atoms with Gasteiger partial charge in [0, 0.05) is 16.2 Å². The lowest BCUT2D eigenvalue weighted by atomic mass is 10.1. The third-order valence-electron chi connectivity index (χ3n) is 5.33. The van der Waals surface area contributed by atoms with Crippen molar-refractivity contribution in [1.29, 1.82) is 0 Å². The fourth-order valence-electron chi connectivity index (χ4n) is 3.60. The molecule has 0 saturated carbocycles. The lowest BCUT2D eigenvalue weighted by Gasteiger charge is -2.05. The van der Waals surface area contributed by atoms with Gasteiger partial charge in [0.15, 0.2) is 5.75 Å². The molecule has 0 saturated heterocycles. The quantitative estimate of drug-likeness (QED) is 0.292. The molecule has 0 amide bonds. The molecule has 0 unspecified atom stereocenters. The topological polar surface area (TPSA) is 69.7 Å². The third-order valence-corrected chi connectivity index (χ3v) is 5.33. The molecule has 0 fully saturated rings. The molecule has 0 radical (unpaired) electrons. The first-order valence-corrected chi connectivity index (χ1v) is 10.3. The molecule has 5 rings (SSSR count). The molecule has 5 aromatic carbocycles. The van der Waals surface area contributed by atoms with Crippen LogP contribution in [0.1, 0.15) is 5.56 Å². The zero-order valence-corrected chi connectivity index (χ0v) is 17.5. The molecular formula is C27H20N4O. The SMILES string of the molecule is Cc1ccc(N=Nc2ccc(N=Nc3ccc4ccccc4c3O)c3ccccc23)cc1. The van der Waals surface area contributed by atoms with Crippen LogP contribution in [0.15, 0.2) is 118 Å². The Balaban J connectivity index is 1.51. The molecule has 0 atom stereocenters. The minimum atomic E-state index is 0.125. The summed E-state index contributed by atoms with van der Waals surface area (Å²) in [4.78, 5) is 0. The molecule has 0 spiro atoms. The minimum Gasteiger partial charge on any atom is -0.505 e. The highest BCUT2D eigenvalue weighted by molar-refractivity contribution is 5.99. The summed E-state index contributed by atoms with van der Waals surface area (Å²) < 4.78 is 0. The average Bonchev–Trinajstić information content (AvgIpc) is 2.84. The van der Waals surface area contributed by atoms with Gasteiger partial charge in [-0.3, -0.25) is 0 Å². The molecule has 0 aliphatic carbocycles. The van der Waals surface area contributed by atoms with Crippen LogP contribution in [0.2, 0.25) is 0 Å². The van der Waals surface area contributed by atoms with Crippen LogP contribution in [0.25, 0.3) is 21.5 Å². The Kier molecular flexibility index (Phi) is 5.14. The van der Waals surface area contributed by atoms with Gasteiger partial charge in [0.2, 0.25) is 0 Å². The van der Waals surface area contributed by atoms with E-state index in [1.807, 2.05) is 97.9 Å². The molecular weight excluding hydrogens is 396 g/mol. The molecule has 5 heteroatoms. The van der Waals surface area contributed by atoms with Crippen molar-refractivity contribution in [1.82, 2.24) is 0 Å². The molecule has 5 nitrogen and oxygen atoms in total. The van der Waals surface area contributed by atoms with E-state index >= 15 is 0 Å². The van der Waals surface area contributed by atoms with Crippen LogP contribution in [0.3, 0.4) is 0 Å². The van der Waals surface area contributed by atoms with Crippen LogP contribution < -0.4 is 0 Å². The summed E-state index contributed by atoms with van der Waals surface area (Å²) >= 11 is 0. The molecule has 32 heavy (non-hydrogen) atoms. The van der Waals surface area contributed by atoms with Crippen molar-refractivity contribution in [3.8, 4) is 5.75 Å².